The van der Waals surface area contributed by atoms with Gasteiger partial charge in [0.05, 0.1) is 5.92 Å². The highest BCUT2D eigenvalue weighted by Crippen LogP contribution is 2.44. The SMILES string of the molecule is CCC(NC(=O)OCC1c2ccccc2-c2ccccc21)C(=O)NCC1CCCCC1C(=O)O. The highest BCUT2D eigenvalue weighted by atomic mass is 16.5. The Balaban J connectivity index is 1.31. The van der Waals surface area contributed by atoms with Gasteiger partial charge in [0.15, 0.2) is 0 Å². The van der Waals surface area contributed by atoms with Gasteiger partial charge in [0, 0.05) is 12.5 Å². The third-order valence-corrected chi connectivity index (χ3v) is 7.13. The Bertz CT molecular complexity index is 1010. The molecule has 1 saturated carbocycles. The van der Waals surface area contributed by atoms with Gasteiger partial charge in [-0.3, -0.25) is 9.59 Å². The highest BCUT2D eigenvalue weighted by Gasteiger charge is 2.32. The summed E-state index contributed by atoms with van der Waals surface area (Å²) in [5.41, 5.74) is 4.56. The maximum Gasteiger partial charge on any atom is 0.407 e. The fraction of sp³-hybridized carbons (Fsp3) is 0.444. The second-order valence-electron chi connectivity index (χ2n) is 9.17. The molecular formula is C27H32N2O5. The van der Waals surface area contributed by atoms with Crippen molar-refractivity contribution in [3.8, 4) is 11.1 Å². The van der Waals surface area contributed by atoms with Gasteiger partial charge in [0.25, 0.3) is 0 Å². The third kappa shape index (κ3) is 5.08. The Morgan fingerprint density at radius 1 is 1.00 bits per heavy atom. The van der Waals surface area contributed by atoms with E-state index in [1.54, 1.807) is 0 Å². The summed E-state index contributed by atoms with van der Waals surface area (Å²) in [6, 6.07) is 15.5. The maximum absolute atomic E-state index is 12.7. The van der Waals surface area contributed by atoms with Gasteiger partial charge < -0.3 is 20.5 Å². The van der Waals surface area contributed by atoms with E-state index in [4.69, 9.17) is 4.74 Å². The Morgan fingerprint density at radius 3 is 2.24 bits per heavy atom. The minimum absolute atomic E-state index is 0.0497. The van der Waals surface area contributed by atoms with Crippen LogP contribution in [-0.4, -0.2) is 42.3 Å². The first-order chi connectivity index (χ1) is 16.5. The number of carboxylic acids is 1. The smallest absolute Gasteiger partial charge is 0.407 e. The van der Waals surface area contributed by atoms with Crippen molar-refractivity contribution < 1.29 is 24.2 Å². The third-order valence-electron chi connectivity index (χ3n) is 7.13. The number of benzene rings is 2. The van der Waals surface area contributed by atoms with Crippen LogP contribution in [0.5, 0.6) is 0 Å². The molecule has 3 atom stereocenters. The number of fused-ring (bicyclic) bond motifs is 3. The zero-order valence-corrected chi connectivity index (χ0v) is 19.5. The predicted octanol–water partition coefficient (Wildman–Crippen LogP) is 4.31. The van der Waals surface area contributed by atoms with Gasteiger partial charge in [-0.05, 0) is 47.4 Å². The number of carboxylic acid groups (broad SMARTS) is 1. The van der Waals surface area contributed by atoms with E-state index >= 15 is 0 Å². The fourth-order valence-corrected chi connectivity index (χ4v) is 5.27. The van der Waals surface area contributed by atoms with E-state index in [1.165, 1.54) is 0 Å². The van der Waals surface area contributed by atoms with Crippen LogP contribution >= 0.6 is 0 Å². The molecule has 4 rings (SSSR count). The average Bonchev–Trinajstić information content (AvgIpc) is 3.18. The molecule has 2 aliphatic carbocycles. The van der Waals surface area contributed by atoms with Crippen LogP contribution in [-0.2, 0) is 14.3 Å². The van der Waals surface area contributed by atoms with Crippen molar-refractivity contribution in [2.24, 2.45) is 11.8 Å². The van der Waals surface area contributed by atoms with Crippen molar-refractivity contribution in [2.75, 3.05) is 13.2 Å². The van der Waals surface area contributed by atoms with Crippen LogP contribution in [0, 0.1) is 11.8 Å². The van der Waals surface area contributed by atoms with Crippen LogP contribution in [0.4, 0.5) is 4.79 Å². The van der Waals surface area contributed by atoms with Gasteiger partial charge in [-0.1, -0.05) is 68.3 Å². The van der Waals surface area contributed by atoms with E-state index in [-0.39, 0.29) is 24.3 Å². The van der Waals surface area contributed by atoms with Crippen LogP contribution in [0.2, 0.25) is 0 Å². The number of amides is 2. The lowest BCUT2D eigenvalue weighted by Crippen LogP contribution is -2.48. The second-order valence-corrected chi connectivity index (χ2v) is 9.17. The van der Waals surface area contributed by atoms with Gasteiger partial charge in [-0.2, -0.15) is 0 Å². The molecular weight excluding hydrogens is 432 g/mol. The minimum atomic E-state index is -0.803. The number of alkyl carbamates (subject to hydrolysis) is 1. The Labute approximate surface area is 199 Å². The van der Waals surface area contributed by atoms with Crippen molar-refractivity contribution in [2.45, 2.75) is 51.0 Å². The average molecular weight is 465 g/mol. The van der Waals surface area contributed by atoms with Crippen molar-refractivity contribution in [3.05, 3.63) is 59.7 Å². The van der Waals surface area contributed by atoms with E-state index < -0.39 is 24.0 Å². The molecule has 0 aliphatic heterocycles. The van der Waals surface area contributed by atoms with E-state index in [1.807, 2.05) is 31.2 Å². The molecule has 0 spiro atoms. The number of ether oxygens (including phenoxy) is 1. The second kappa shape index (κ2) is 10.7. The van der Waals surface area contributed by atoms with E-state index in [0.717, 1.165) is 41.5 Å². The highest BCUT2D eigenvalue weighted by molar-refractivity contribution is 5.85. The molecule has 2 aromatic rings. The number of carbonyl (C=O) groups excluding carboxylic acids is 2. The number of nitrogens with one attached hydrogen (secondary N) is 2. The summed E-state index contributed by atoms with van der Waals surface area (Å²) in [6.45, 7) is 2.30. The van der Waals surface area contributed by atoms with Crippen LogP contribution < -0.4 is 10.6 Å². The molecule has 0 saturated heterocycles. The van der Waals surface area contributed by atoms with E-state index in [9.17, 15) is 19.5 Å². The summed E-state index contributed by atoms with van der Waals surface area (Å²) in [5.74, 6) is -1.67. The molecule has 2 aliphatic rings. The Hall–Kier alpha value is -3.35. The number of hydrogen-bond acceptors (Lipinski definition) is 4. The van der Waals surface area contributed by atoms with Crippen molar-refractivity contribution in [3.63, 3.8) is 0 Å². The van der Waals surface area contributed by atoms with Crippen LogP contribution in [0.3, 0.4) is 0 Å². The van der Waals surface area contributed by atoms with Gasteiger partial charge in [-0.15, -0.1) is 0 Å². The van der Waals surface area contributed by atoms with E-state index in [0.29, 0.717) is 19.4 Å². The zero-order chi connectivity index (χ0) is 24.1. The van der Waals surface area contributed by atoms with Crippen LogP contribution in [0.15, 0.2) is 48.5 Å². The first kappa shape index (κ1) is 23.8. The molecule has 0 radical (unpaired) electrons. The summed E-state index contributed by atoms with van der Waals surface area (Å²) in [6.07, 6.45) is 3.08. The molecule has 1 fully saturated rings. The summed E-state index contributed by atoms with van der Waals surface area (Å²) in [4.78, 5) is 36.7. The van der Waals surface area contributed by atoms with Gasteiger partial charge in [0.1, 0.15) is 12.6 Å². The minimum Gasteiger partial charge on any atom is -0.481 e. The van der Waals surface area contributed by atoms with Crippen molar-refractivity contribution in [1.29, 1.82) is 0 Å². The number of rotatable bonds is 8. The molecule has 2 aromatic carbocycles. The molecule has 2 amide bonds. The lowest BCUT2D eigenvalue weighted by atomic mass is 9.79. The molecule has 7 heteroatoms. The van der Waals surface area contributed by atoms with Crippen LogP contribution in [0.25, 0.3) is 11.1 Å². The summed E-state index contributed by atoms with van der Waals surface area (Å²) in [5, 5.41) is 14.9. The fourth-order valence-electron chi connectivity index (χ4n) is 5.27. The van der Waals surface area contributed by atoms with Gasteiger partial charge in [0.2, 0.25) is 5.91 Å². The van der Waals surface area contributed by atoms with Crippen molar-refractivity contribution in [1.82, 2.24) is 10.6 Å². The topological polar surface area (TPSA) is 105 Å². The van der Waals surface area contributed by atoms with Gasteiger partial charge in [-0.25, -0.2) is 4.79 Å². The maximum atomic E-state index is 12.7. The largest absolute Gasteiger partial charge is 0.481 e. The Morgan fingerprint density at radius 2 is 1.62 bits per heavy atom. The first-order valence-corrected chi connectivity index (χ1v) is 12.1. The van der Waals surface area contributed by atoms with E-state index in [2.05, 4.69) is 34.9 Å². The molecule has 34 heavy (non-hydrogen) atoms. The lowest BCUT2D eigenvalue weighted by Gasteiger charge is -2.29. The number of hydrogen-bond donors (Lipinski definition) is 3. The summed E-state index contributed by atoms with van der Waals surface area (Å²) >= 11 is 0. The standard InChI is InChI=1S/C27H32N2O5/c1-2-24(25(30)28-15-17-9-3-4-10-18(17)26(31)32)29-27(33)34-16-23-21-13-7-5-11-19(21)20-12-6-8-14-22(20)23/h5-8,11-14,17-18,23-24H,2-4,9-10,15-16H2,1H3,(H,28,30)(H,29,33)(H,31,32). The van der Waals surface area contributed by atoms with Gasteiger partial charge >= 0.3 is 12.1 Å². The monoisotopic (exact) mass is 464 g/mol. The zero-order valence-electron chi connectivity index (χ0n) is 19.5. The number of carbonyl (C=O) groups is 3. The molecule has 0 aromatic heterocycles. The summed E-state index contributed by atoms with van der Waals surface area (Å²) in [7, 11) is 0. The molecule has 0 heterocycles. The molecule has 0 bridgehead atoms. The Kier molecular flexibility index (Phi) is 7.50. The lowest BCUT2D eigenvalue weighted by molar-refractivity contribution is -0.145. The van der Waals surface area contributed by atoms with Crippen molar-refractivity contribution >= 4 is 18.0 Å². The molecule has 3 N–H and O–H groups in total. The first-order valence-electron chi connectivity index (χ1n) is 12.1. The van der Waals surface area contributed by atoms with Crippen LogP contribution in [0.1, 0.15) is 56.1 Å². The normalized spacial score (nSPS) is 20.0. The predicted molar refractivity (Wildman–Crippen MR) is 128 cm³/mol. The molecule has 180 valence electrons. The quantitative estimate of drug-likeness (QED) is 0.540. The summed E-state index contributed by atoms with van der Waals surface area (Å²) < 4.78 is 5.56. The molecule has 7 nitrogen and oxygen atoms in total. The molecule has 3 unspecified atom stereocenters. The number of aliphatic carboxylic acids is 1.